The largest absolute Gasteiger partial charge is 0.333 e. The Bertz CT molecular complexity index is 553. The number of hydrogen-bond acceptors (Lipinski definition) is 6. The van der Waals surface area contributed by atoms with Gasteiger partial charge in [0.1, 0.15) is 11.9 Å². The lowest BCUT2D eigenvalue weighted by Crippen LogP contribution is -2.32. The van der Waals surface area contributed by atoms with E-state index in [1.165, 1.54) is 11.5 Å². The van der Waals surface area contributed by atoms with Gasteiger partial charge in [-0.1, -0.05) is 32.2 Å². The molecule has 2 rings (SSSR count). The van der Waals surface area contributed by atoms with Gasteiger partial charge in [-0.25, -0.2) is 10.4 Å². The van der Waals surface area contributed by atoms with Gasteiger partial charge in [-0.3, -0.25) is 5.84 Å². The van der Waals surface area contributed by atoms with E-state index in [4.69, 9.17) is 5.84 Å². The van der Waals surface area contributed by atoms with Gasteiger partial charge in [-0.05, 0) is 18.0 Å². The van der Waals surface area contributed by atoms with E-state index in [1.54, 1.807) is 6.20 Å². The Balaban J connectivity index is 2.43. The van der Waals surface area contributed by atoms with Crippen molar-refractivity contribution in [1.29, 1.82) is 0 Å². The Hall–Kier alpha value is -1.31. The van der Waals surface area contributed by atoms with E-state index >= 15 is 0 Å². The summed E-state index contributed by atoms with van der Waals surface area (Å²) in [5.74, 6) is 6.69. The third-order valence-electron chi connectivity index (χ3n) is 3.12. The third-order valence-corrected chi connectivity index (χ3v) is 3.91. The van der Waals surface area contributed by atoms with Crippen LogP contribution in [0.4, 0.5) is 0 Å². The number of hydrazine groups is 1. The number of nitrogens with one attached hydrogen (secondary N) is 1. The van der Waals surface area contributed by atoms with E-state index in [1.807, 2.05) is 6.20 Å². The molecule has 1 unspecified atom stereocenters. The average Bonchev–Trinajstić information content (AvgIpc) is 3.00. The zero-order chi connectivity index (χ0) is 14.8. The molecule has 2 aromatic heterocycles. The van der Waals surface area contributed by atoms with Crippen LogP contribution in [-0.4, -0.2) is 19.1 Å². The molecule has 0 aromatic carbocycles. The van der Waals surface area contributed by atoms with Crippen molar-refractivity contribution >= 4 is 11.5 Å². The summed E-state index contributed by atoms with van der Waals surface area (Å²) in [5.41, 5.74) is 3.76. The maximum atomic E-state index is 5.78. The van der Waals surface area contributed by atoms with Crippen molar-refractivity contribution < 1.29 is 0 Å². The highest BCUT2D eigenvalue weighted by Crippen LogP contribution is 2.32. The minimum atomic E-state index is -0.175. The first-order valence-corrected chi connectivity index (χ1v) is 7.56. The summed E-state index contributed by atoms with van der Waals surface area (Å²) in [6.45, 7) is 9.44. The standard InChI is InChI=1S/C13H22N6S/c1-5-7-19-8-6-15-12(19)9(16-14)10-11(13(2,3)4)17-18-20-10/h6,8-9,16H,5,7,14H2,1-4H3. The van der Waals surface area contributed by atoms with Crippen LogP contribution in [0.3, 0.4) is 0 Å². The Kier molecular flexibility index (Phi) is 4.52. The molecule has 2 aromatic rings. The van der Waals surface area contributed by atoms with Gasteiger partial charge in [-0.15, -0.1) is 5.10 Å². The fourth-order valence-corrected chi connectivity index (χ4v) is 3.11. The van der Waals surface area contributed by atoms with Crippen LogP contribution in [-0.2, 0) is 12.0 Å². The molecule has 7 heteroatoms. The van der Waals surface area contributed by atoms with Crippen LogP contribution >= 0.6 is 11.5 Å². The summed E-state index contributed by atoms with van der Waals surface area (Å²) in [7, 11) is 0. The molecule has 3 N–H and O–H groups in total. The molecule has 0 spiro atoms. The molecule has 0 saturated carbocycles. The number of nitrogens with two attached hydrogens (primary N) is 1. The maximum Gasteiger partial charge on any atom is 0.132 e. The summed E-state index contributed by atoms with van der Waals surface area (Å²) in [6, 6.07) is -0.175. The lowest BCUT2D eigenvalue weighted by molar-refractivity contribution is 0.518. The fraction of sp³-hybridized carbons (Fsp3) is 0.615. The molecule has 0 radical (unpaired) electrons. The molecule has 0 aliphatic rings. The third kappa shape index (κ3) is 2.89. The SMILES string of the molecule is CCCn1ccnc1C(NN)c1snnc1C(C)(C)C. The summed E-state index contributed by atoms with van der Waals surface area (Å²) in [6.07, 6.45) is 4.84. The van der Waals surface area contributed by atoms with Gasteiger partial charge in [-0.2, -0.15) is 0 Å². The van der Waals surface area contributed by atoms with Crippen LogP contribution in [0.5, 0.6) is 0 Å². The van der Waals surface area contributed by atoms with Crippen molar-refractivity contribution in [3.05, 3.63) is 28.8 Å². The predicted molar refractivity (Wildman–Crippen MR) is 80.3 cm³/mol. The van der Waals surface area contributed by atoms with Gasteiger partial charge >= 0.3 is 0 Å². The van der Waals surface area contributed by atoms with Gasteiger partial charge in [0.05, 0.1) is 10.6 Å². The summed E-state index contributed by atoms with van der Waals surface area (Å²) < 4.78 is 6.22. The molecule has 0 amide bonds. The molecule has 0 bridgehead atoms. The quantitative estimate of drug-likeness (QED) is 0.651. The highest BCUT2D eigenvalue weighted by atomic mass is 32.1. The van der Waals surface area contributed by atoms with Crippen LogP contribution in [0.2, 0.25) is 0 Å². The Morgan fingerprint density at radius 2 is 2.20 bits per heavy atom. The van der Waals surface area contributed by atoms with E-state index < -0.39 is 0 Å². The van der Waals surface area contributed by atoms with Gasteiger partial charge in [0.2, 0.25) is 0 Å². The molecule has 1 atom stereocenters. The number of aryl methyl sites for hydroxylation is 1. The minimum absolute atomic E-state index is 0.0698. The zero-order valence-corrected chi connectivity index (χ0v) is 13.2. The lowest BCUT2D eigenvalue weighted by Gasteiger charge is -2.21. The van der Waals surface area contributed by atoms with Crippen molar-refractivity contribution in [1.82, 2.24) is 24.6 Å². The molecule has 2 heterocycles. The number of imidazole rings is 1. The molecule has 110 valence electrons. The molecule has 0 aliphatic carbocycles. The summed E-state index contributed by atoms with van der Waals surface area (Å²) >= 11 is 1.38. The van der Waals surface area contributed by atoms with E-state index in [0.29, 0.717) is 0 Å². The minimum Gasteiger partial charge on any atom is -0.333 e. The second kappa shape index (κ2) is 5.99. The van der Waals surface area contributed by atoms with Crippen LogP contribution in [0, 0.1) is 0 Å². The van der Waals surface area contributed by atoms with Crippen molar-refractivity contribution in [3.8, 4) is 0 Å². The van der Waals surface area contributed by atoms with Crippen LogP contribution < -0.4 is 11.3 Å². The van der Waals surface area contributed by atoms with Crippen LogP contribution in [0.1, 0.15) is 56.6 Å². The monoisotopic (exact) mass is 294 g/mol. The Morgan fingerprint density at radius 1 is 1.45 bits per heavy atom. The second-order valence-electron chi connectivity index (χ2n) is 5.81. The lowest BCUT2D eigenvalue weighted by atomic mass is 9.90. The van der Waals surface area contributed by atoms with E-state index in [2.05, 4.69) is 52.3 Å². The molecule has 0 saturated heterocycles. The molecule has 0 fully saturated rings. The van der Waals surface area contributed by atoms with Crippen LogP contribution in [0.25, 0.3) is 0 Å². The first kappa shape index (κ1) is 15.1. The fourth-order valence-electron chi connectivity index (χ4n) is 2.19. The predicted octanol–water partition coefficient (Wildman–Crippen LogP) is 1.99. The highest BCUT2D eigenvalue weighted by molar-refractivity contribution is 7.05. The first-order chi connectivity index (χ1) is 9.49. The molecule has 6 nitrogen and oxygen atoms in total. The maximum absolute atomic E-state index is 5.78. The number of aromatic nitrogens is 4. The summed E-state index contributed by atoms with van der Waals surface area (Å²) in [5, 5.41) is 4.28. The second-order valence-corrected chi connectivity index (χ2v) is 6.60. The smallest absolute Gasteiger partial charge is 0.132 e. The Morgan fingerprint density at radius 3 is 2.80 bits per heavy atom. The molecule has 0 aliphatic heterocycles. The first-order valence-electron chi connectivity index (χ1n) is 6.79. The number of hydrogen-bond donors (Lipinski definition) is 2. The van der Waals surface area contributed by atoms with Gasteiger partial charge in [0, 0.05) is 24.4 Å². The molecule has 20 heavy (non-hydrogen) atoms. The van der Waals surface area contributed by atoms with Crippen molar-refractivity contribution in [2.45, 2.75) is 52.1 Å². The van der Waals surface area contributed by atoms with Crippen LogP contribution in [0.15, 0.2) is 12.4 Å². The van der Waals surface area contributed by atoms with E-state index in [-0.39, 0.29) is 11.5 Å². The number of nitrogens with zero attached hydrogens (tertiary/aromatic N) is 4. The zero-order valence-electron chi connectivity index (χ0n) is 12.4. The topological polar surface area (TPSA) is 81.7 Å². The van der Waals surface area contributed by atoms with Gasteiger partial charge in [0.25, 0.3) is 0 Å². The van der Waals surface area contributed by atoms with Crippen molar-refractivity contribution in [2.75, 3.05) is 0 Å². The van der Waals surface area contributed by atoms with Gasteiger partial charge in [0.15, 0.2) is 0 Å². The molecular formula is C13H22N6S. The van der Waals surface area contributed by atoms with E-state index in [9.17, 15) is 0 Å². The Labute approximate surface area is 123 Å². The normalized spacial score (nSPS) is 13.7. The van der Waals surface area contributed by atoms with E-state index in [0.717, 1.165) is 29.4 Å². The average molecular weight is 294 g/mol. The van der Waals surface area contributed by atoms with Gasteiger partial charge < -0.3 is 4.57 Å². The highest BCUT2D eigenvalue weighted by Gasteiger charge is 2.29. The molecular weight excluding hydrogens is 272 g/mol. The van der Waals surface area contributed by atoms with Crippen molar-refractivity contribution in [3.63, 3.8) is 0 Å². The summed E-state index contributed by atoms with van der Waals surface area (Å²) in [4.78, 5) is 5.49. The van der Waals surface area contributed by atoms with Crippen molar-refractivity contribution in [2.24, 2.45) is 5.84 Å². The number of rotatable bonds is 5.